The van der Waals surface area contributed by atoms with Gasteiger partial charge in [0.1, 0.15) is 24.4 Å². The smallest absolute Gasteiger partial charge is 0.170 e. The van der Waals surface area contributed by atoms with Gasteiger partial charge in [0.05, 0.1) is 6.54 Å². The summed E-state index contributed by atoms with van der Waals surface area (Å²) in [5, 5.41) is 6.14. The van der Waals surface area contributed by atoms with Gasteiger partial charge in [-0.05, 0) is 42.7 Å². The molecule has 2 fully saturated rings. The molecule has 1 aromatic heterocycles. The molecule has 1 saturated carbocycles. The van der Waals surface area contributed by atoms with Gasteiger partial charge in [0, 0.05) is 33.5 Å². The van der Waals surface area contributed by atoms with Gasteiger partial charge >= 0.3 is 0 Å². The molecule has 2 heterocycles. The minimum atomic E-state index is -0.868. The minimum absolute atomic E-state index is 0.417. The van der Waals surface area contributed by atoms with E-state index in [1.54, 1.807) is 17.1 Å². The Kier molecular flexibility index (Phi) is 5.74. The van der Waals surface area contributed by atoms with Crippen molar-refractivity contribution in [2.45, 2.75) is 56.1 Å². The first kappa shape index (κ1) is 21.2. The van der Waals surface area contributed by atoms with Crippen LogP contribution in [-0.2, 0) is 21.6 Å². The monoisotopic (exact) mass is 477 g/mol. The van der Waals surface area contributed by atoms with Crippen LogP contribution in [0.3, 0.4) is 0 Å². The lowest BCUT2D eigenvalue weighted by Gasteiger charge is -2.36. The van der Waals surface area contributed by atoms with Crippen molar-refractivity contribution in [3.8, 4) is 0 Å². The van der Waals surface area contributed by atoms with Crippen LogP contribution in [-0.4, -0.2) is 20.6 Å². The van der Waals surface area contributed by atoms with Crippen molar-refractivity contribution in [1.29, 1.82) is 0 Å². The zero-order chi connectivity index (χ0) is 21.5. The van der Waals surface area contributed by atoms with Crippen LogP contribution in [0.5, 0.6) is 0 Å². The summed E-state index contributed by atoms with van der Waals surface area (Å²) in [5.41, 5.74) is 0.919. The Morgan fingerprint density at radius 1 is 0.968 bits per heavy atom. The molecule has 162 valence electrons. The predicted octanol–water partition coefficient (Wildman–Crippen LogP) is 6.58. The largest absolute Gasteiger partial charge is 0.338 e. The van der Waals surface area contributed by atoms with Gasteiger partial charge in [-0.15, -0.1) is 0 Å². The Hall–Kier alpha value is -1.63. The van der Waals surface area contributed by atoms with Gasteiger partial charge in [0.15, 0.2) is 5.79 Å². The molecule has 1 spiro atoms. The highest BCUT2D eigenvalue weighted by molar-refractivity contribution is 6.35. The van der Waals surface area contributed by atoms with Crippen molar-refractivity contribution in [2.75, 3.05) is 0 Å². The summed E-state index contributed by atoms with van der Waals surface area (Å²) >= 11 is 19.1. The number of hydrogen-bond donors (Lipinski definition) is 0. The van der Waals surface area contributed by atoms with E-state index in [4.69, 9.17) is 44.3 Å². The molecule has 1 aliphatic heterocycles. The summed E-state index contributed by atoms with van der Waals surface area (Å²) in [5.74, 6) is -0.675. The molecule has 31 heavy (non-hydrogen) atoms. The van der Waals surface area contributed by atoms with E-state index in [1.807, 2.05) is 36.4 Å². The summed E-state index contributed by atoms with van der Waals surface area (Å²) in [4.78, 5) is 4.12. The third-order valence-corrected chi connectivity index (χ3v) is 7.00. The van der Waals surface area contributed by atoms with Crippen molar-refractivity contribution in [3.05, 3.63) is 81.3 Å². The van der Waals surface area contributed by atoms with E-state index < -0.39 is 17.5 Å². The van der Waals surface area contributed by atoms with Crippen molar-refractivity contribution in [1.82, 2.24) is 14.8 Å². The molecule has 2 atom stereocenters. The topological polar surface area (TPSA) is 49.2 Å². The molecule has 0 N–H and O–H groups in total. The molecule has 0 bridgehead atoms. The molecule has 5 nitrogen and oxygen atoms in total. The summed E-state index contributed by atoms with van der Waals surface area (Å²) in [6, 6.07) is 13.2. The summed E-state index contributed by atoms with van der Waals surface area (Å²) in [6.45, 7) is 0.417. The SMILES string of the molecule is Clc1ccc([C@@]2(Cn3cncn3)OC3(CCCCC3)O[C@@H]2c2ccc(Cl)cc2Cl)cc1. The van der Waals surface area contributed by atoms with E-state index in [0.717, 1.165) is 36.8 Å². The highest BCUT2D eigenvalue weighted by atomic mass is 35.5. The third-order valence-electron chi connectivity index (χ3n) is 6.18. The normalized spacial score (nSPS) is 25.2. The van der Waals surface area contributed by atoms with E-state index in [2.05, 4.69) is 10.1 Å². The first-order chi connectivity index (χ1) is 15.0. The van der Waals surface area contributed by atoms with Crippen LogP contribution >= 0.6 is 34.8 Å². The highest BCUT2D eigenvalue weighted by Crippen LogP contribution is 2.57. The van der Waals surface area contributed by atoms with Gasteiger partial charge in [0.25, 0.3) is 0 Å². The maximum Gasteiger partial charge on any atom is 0.170 e. The minimum Gasteiger partial charge on any atom is -0.338 e. The number of halogens is 3. The van der Waals surface area contributed by atoms with Crippen LogP contribution in [0.25, 0.3) is 0 Å². The van der Waals surface area contributed by atoms with Crippen molar-refractivity contribution in [3.63, 3.8) is 0 Å². The standard InChI is InChI=1S/C23H22Cl3N3O2/c24-17-6-4-16(5-7-17)23(13-29-15-27-14-28-29)21(19-9-8-18(25)12-20(19)26)30-22(31-23)10-2-1-3-11-22/h4-9,12,14-15,21H,1-3,10-11,13H2/t21-,23-/m1/s1. The van der Waals surface area contributed by atoms with Crippen LogP contribution in [0.1, 0.15) is 49.3 Å². The van der Waals surface area contributed by atoms with Gasteiger partial charge in [-0.25, -0.2) is 9.67 Å². The van der Waals surface area contributed by atoms with E-state index in [9.17, 15) is 0 Å². The second kappa shape index (κ2) is 8.38. The predicted molar refractivity (Wildman–Crippen MR) is 120 cm³/mol. The van der Waals surface area contributed by atoms with Gasteiger partial charge in [-0.2, -0.15) is 5.10 Å². The molecular weight excluding hydrogens is 457 g/mol. The molecule has 0 unspecified atom stereocenters. The maximum atomic E-state index is 6.98. The first-order valence-electron chi connectivity index (χ1n) is 10.4. The van der Waals surface area contributed by atoms with E-state index >= 15 is 0 Å². The van der Waals surface area contributed by atoms with E-state index in [1.165, 1.54) is 12.7 Å². The Labute approximate surface area is 196 Å². The Morgan fingerprint density at radius 2 is 1.71 bits per heavy atom. The first-order valence-corrected chi connectivity index (χ1v) is 11.5. The quantitative estimate of drug-likeness (QED) is 0.425. The number of nitrogens with zero attached hydrogens (tertiary/aromatic N) is 3. The van der Waals surface area contributed by atoms with Crippen LogP contribution in [0.4, 0.5) is 0 Å². The maximum absolute atomic E-state index is 6.98. The Bertz CT molecular complexity index is 1050. The van der Waals surface area contributed by atoms with Crippen LogP contribution in [0, 0.1) is 0 Å². The van der Waals surface area contributed by atoms with E-state index in [-0.39, 0.29) is 0 Å². The average molecular weight is 479 g/mol. The number of benzene rings is 2. The molecule has 2 aromatic carbocycles. The third kappa shape index (κ3) is 3.98. The van der Waals surface area contributed by atoms with Gasteiger partial charge in [-0.1, -0.05) is 59.4 Å². The molecule has 0 amide bonds. The fourth-order valence-corrected chi connectivity index (χ4v) is 5.40. The molecular formula is C23H22Cl3N3O2. The number of ether oxygens (including phenoxy) is 2. The lowest BCUT2D eigenvalue weighted by molar-refractivity contribution is -0.212. The fourth-order valence-electron chi connectivity index (χ4n) is 4.76. The molecule has 8 heteroatoms. The summed E-state index contributed by atoms with van der Waals surface area (Å²) < 4.78 is 15.6. The van der Waals surface area contributed by atoms with Crippen molar-refractivity contribution >= 4 is 34.8 Å². The van der Waals surface area contributed by atoms with Crippen LogP contribution < -0.4 is 0 Å². The molecule has 2 aliphatic rings. The zero-order valence-electron chi connectivity index (χ0n) is 16.8. The molecule has 1 saturated heterocycles. The number of rotatable bonds is 4. The average Bonchev–Trinajstić information content (AvgIpc) is 3.36. The lowest BCUT2D eigenvalue weighted by atomic mass is 9.84. The second-order valence-electron chi connectivity index (χ2n) is 8.23. The number of hydrogen-bond acceptors (Lipinski definition) is 4. The van der Waals surface area contributed by atoms with Gasteiger partial charge in [0.2, 0.25) is 0 Å². The number of aromatic nitrogens is 3. The Morgan fingerprint density at radius 3 is 2.39 bits per heavy atom. The molecule has 0 radical (unpaired) electrons. The second-order valence-corrected chi connectivity index (χ2v) is 9.51. The summed E-state index contributed by atoms with van der Waals surface area (Å²) in [6.07, 6.45) is 7.71. The molecule has 5 rings (SSSR count). The van der Waals surface area contributed by atoms with Crippen LogP contribution in [0.15, 0.2) is 55.1 Å². The molecule has 3 aromatic rings. The van der Waals surface area contributed by atoms with E-state index in [0.29, 0.717) is 21.6 Å². The zero-order valence-corrected chi connectivity index (χ0v) is 19.1. The summed E-state index contributed by atoms with van der Waals surface area (Å²) in [7, 11) is 0. The van der Waals surface area contributed by atoms with Crippen LogP contribution in [0.2, 0.25) is 15.1 Å². The van der Waals surface area contributed by atoms with Gasteiger partial charge < -0.3 is 9.47 Å². The highest BCUT2D eigenvalue weighted by Gasteiger charge is 2.59. The molecule has 1 aliphatic carbocycles. The van der Waals surface area contributed by atoms with Crippen molar-refractivity contribution in [2.24, 2.45) is 0 Å². The fraction of sp³-hybridized carbons (Fsp3) is 0.391. The van der Waals surface area contributed by atoms with Crippen molar-refractivity contribution < 1.29 is 9.47 Å². The Balaban J connectivity index is 1.69. The van der Waals surface area contributed by atoms with Gasteiger partial charge in [-0.3, -0.25) is 0 Å². The lowest BCUT2D eigenvalue weighted by Crippen LogP contribution is -2.40.